The molecule has 110 valence electrons. The molecule has 0 aromatic carbocycles. The van der Waals surface area contributed by atoms with Crippen LogP contribution in [-0.4, -0.2) is 24.9 Å². The van der Waals surface area contributed by atoms with Gasteiger partial charge in [-0.25, -0.2) is 0 Å². The first-order chi connectivity index (χ1) is 8.62. The van der Waals surface area contributed by atoms with Crippen LogP contribution in [0.5, 0.6) is 0 Å². The van der Waals surface area contributed by atoms with Crippen LogP contribution < -0.4 is 10.6 Å². The summed E-state index contributed by atoms with van der Waals surface area (Å²) in [5.74, 6) is 0.557. The van der Waals surface area contributed by atoms with Crippen LogP contribution in [0, 0.1) is 16.7 Å². The van der Waals surface area contributed by atoms with E-state index in [0.29, 0.717) is 5.92 Å². The fourth-order valence-corrected chi connectivity index (χ4v) is 3.76. The van der Waals surface area contributed by atoms with E-state index >= 15 is 0 Å². The largest absolute Gasteiger partial charge is 0.356 e. The van der Waals surface area contributed by atoms with E-state index in [1.54, 1.807) is 13.8 Å². The molecule has 0 heterocycles. The molecule has 1 saturated carbocycles. The standard InChI is InChI=1S/C15H28N2O2/c1-11(18)16-8-13-6-14(3,4)9-15(5,7-13)10-17-12(2)19/h13H,6-10H2,1-5H3,(H,16,18)(H,17,19). The molecule has 0 saturated heterocycles. The summed E-state index contributed by atoms with van der Waals surface area (Å²) in [6.07, 6.45) is 3.29. The number of carbonyl (C=O) groups excluding carboxylic acids is 2. The number of hydrogen-bond acceptors (Lipinski definition) is 2. The molecular weight excluding hydrogens is 240 g/mol. The summed E-state index contributed by atoms with van der Waals surface area (Å²) in [6, 6.07) is 0. The van der Waals surface area contributed by atoms with Gasteiger partial charge in [-0.1, -0.05) is 20.8 Å². The summed E-state index contributed by atoms with van der Waals surface area (Å²) >= 11 is 0. The zero-order valence-electron chi connectivity index (χ0n) is 12.9. The van der Waals surface area contributed by atoms with Gasteiger partial charge in [-0.3, -0.25) is 9.59 Å². The van der Waals surface area contributed by atoms with Gasteiger partial charge in [-0.15, -0.1) is 0 Å². The van der Waals surface area contributed by atoms with Crippen LogP contribution in [0.4, 0.5) is 0 Å². The van der Waals surface area contributed by atoms with Gasteiger partial charge in [0.1, 0.15) is 0 Å². The van der Waals surface area contributed by atoms with Crippen LogP contribution in [0.2, 0.25) is 0 Å². The Morgan fingerprint density at radius 1 is 1.05 bits per heavy atom. The van der Waals surface area contributed by atoms with Crippen molar-refractivity contribution in [3.8, 4) is 0 Å². The molecule has 2 N–H and O–H groups in total. The zero-order valence-corrected chi connectivity index (χ0v) is 12.9. The van der Waals surface area contributed by atoms with Crippen molar-refractivity contribution < 1.29 is 9.59 Å². The average Bonchev–Trinajstić information content (AvgIpc) is 2.21. The van der Waals surface area contributed by atoms with Crippen LogP contribution in [0.3, 0.4) is 0 Å². The molecule has 2 unspecified atom stereocenters. The Bertz CT molecular complexity index is 352. The molecule has 4 nitrogen and oxygen atoms in total. The Hall–Kier alpha value is -1.06. The van der Waals surface area contributed by atoms with Crippen molar-refractivity contribution in [1.82, 2.24) is 10.6 Å². The molecule has 19 heavy (non-hydrogen) atoms. The summed E-state index contributed by atoms with van der Waals surface area (Å²) in [5.41, 5.74) is 0.380. The Balaban J connectivity index is 2.66. The van der Waals surface area contributed by atoms with Crippen LogP contribution >= 0.6 is 0 Å². The second kappa shape index (κ2) is 5.93. The summed E-state index contributed by atoms with van der Waals surface area (Å²) < 4.78 is 0. The van der Waals surface area contributed by atoms with Gasteiger partial charge in [0.2, 0.25) is 11.8 Å². The smallest absolute Gasteiger partial charge is 0.216 e. The van der Waals surface area contributed by atoms with E-state index in [9.17, 15) is 9.59 Å². The minimum atomic E-state index is 0.0306. The molecule has 0 bridgehead atoms. The maximum absolute atomic E-state index is 11.1. The predicted molar refractivity (Wildman–Crippen MR) is 76.6 cm³/mol. The molecular formula is C15H28N2O2. The molecule has 1 aliphatic carbocycles. The first-order valence-electron chi connectivity index (χ1n) is 7.11. The highest BCUT2D eigenvalue weighted by atomic mass is 16.2. The molecule has 0 aliphatic heterocycles. The third-order valence-corrected chi connectivity index (χ3v) is 3.93. The van der Waals surface area contributed by atoms with Crippen LogP contribution in [-0.2, 0) is 9.59 Å². The van der Waals surface area contributed by atoms with Crippen molar-refractivity contribution in [3.05, 3.63) is 0 Å². The summed E-state index contributed by atoms with van der Waals surface area (Å²) in [7, 11) is 0. The van der Waals surface area contributed by atoms with Gasteiger partial charge >= 0.3 is 0 Å². The molecule has 4 heteroatoms. The molecule has 0 radical (unpaired) electrons. The van der Waals surface area contributed by atoms with Gasteiger partial charge in [-0.05, 0) is 36.0 Å². The molecule has 2 amide bonds. The topological polar surface area (TPSA) is 58.2 Å². The minimum absolute atomic E-state index is 0.0306. The maximum atomic E-state index is 11.1. The number of hydrogen-bond donors (Lipinski definition) is 2. The molecule has 1 fully saturated rings. The van der Waals surface area contributed by atoms with E-state index < -0.39 is 0 Å². The third kappa shape index (κ3) is 5.62. The quantitative estimate of drug-likeness (QED) is 0.820. The van der Waals surface area contributed by atoms with Crippen molar-refractivity contribution >= 4 is 11.8 Å². The number of nitrogens with one attached hydrogen (secondary N) is 2. The monoisotopic (exact) mass is 268 g/mol. The normalized spacial score (nSPS) is 29.6. The van der Waals surface area contributed by atoms with Gasteiger partial charge < -0.3 is 10.6 Å². The van der Waals surface area contributed by atoms with Crippen molar-refractivity contribution in [2.75, 3.05) is 13.1 Å². The lowest BCUT2D eigenvalue weighted by molar-refractivity contribution is -0.120. The lowest BCUT2D eigenvalue weighted by atomic mass is 9.60. The summed E-state index contributed by atoms with van der Waals surface area (Å²) in [5, 5.41) is 5.88. The van der Waals surface area contributed by atoms with Crippen LogP contribution in [0.15, 0.2) is 0 Å². The molecule has 0 aromatic rings. The Morgan fingerprint density at radius 2 is 1.63 bits per heavy atom. The highest BCUT2D eigenvalue weighted by Gasteiger charge is 2.41. The average molecular weight is 268 g/mol. The second-order valence-electron chi connectivity index (χ2n) is 7.27. The van der Waals surface area contributed by atoms with Crippen molar-refractivity contribution in [3.63, 3.8) is 0 Å². The second-order valence-corrected chi connectivity index (χ2v) is 7.27. The fourth-order valence-electron chi connectivity index (χ4n) is 3.76. The maximum Gasteiger partial charge on any atom is 0.216 e. The van der Waals surface area contributed by atoms with Crippen molar-refractivity contribution in [1.29, 1.82) is 0 Å². The van der Waals surface area contributed by atoms with Gasteiger partial charge in [0.15, 0.2) is 0 Å². The number of carbonyl (C=O) groups is 2. The molecule has 1 aliphatic rings. The fraction of sp³-hybridized carbons (Fsp3) is 0.867. The molecule has 2 atom stereocenters. The SMILES string of the molecule is CC(=O)NCC1CC(C)(C)CC(C)(CNC(C)=O)C1. The van der Waals surface area contributed by atoms with E-state index in [1.807, 2.05) is 0 Å². The Labute approximate surface area is 116 Å². The molecule has 0 spiro atoms. The summed E-state index contributed by atoms with van der Waals surface area (Å²) in [6.45, 7) is 11.4. The zero-order chi connectivity index (χ0) is 14.7. The van der Waals surface area contributed by atoms with Gasteiger partial charge in [-0.2, -0.15) is 0 Å². The number of rotatable bonds is 4. The highest BCUT2D eigenvalue weighted by Crippen LogP contribution is 2.48. The van der Waals surface area contributed by atoms with E-state index in [2.05, 4.69) is 31.4 Å². The van der Waals surface area contributed by atoms with Crippen molar-refractivity contribution in [2.45, 2.75) is 53.9 Å². The van der Waals surface area contributed by atoms with E-state index in [1.165, 1.54) is 0 Å². The van der Waals surface area contributed by atoms with Gasteiger partial charge in [0.05, 0.1) is 0 Å². The molecule has 0 aromatic heterocycles. The Kier molecular flexibility index (Phi) is 4.99. The van der Waals surface area contributed by atoms with Crippen LogP contribution in [0.1, 0.15) is 53.9 Å². The number of amides is 2. The van der Waals surface area contributed by atoms with E-state index in [-0.39, 0.29) is 22.6 Å². The minimum Gasteiger partial charge on any atom is -0.356 e. The van der Waals surface area contributed by atoms with E-state index in [4.69, 9.17) is 0 Å². The highest BCUT2D eigenvalue weighted by molar-refractivity contribution is 5.73. The third-order valence-electron chi connectivity index (χ3n) is 3.93. The predicted octanol–water partition coefficient (Wildman–Crippen LogP) is 2.09. The summed E-state index contributed by atoms with van der Waals surface area (Å²) in [4.78, 5) is 22.2. The first kappa shape index (κ1) is 16.0. The van der Waals surface area contributed by atoms with Crippen molar-refractivity contribution in [2.24, 2.45) is 16.7 Å². The first-order valence-corrected chi connectivity index (χ1v) is 7.11. The van der Waals surface area contributed by atoms with Gasteiger partial charge in [0, 0.05) is 26.9 Å². The lowest BCUT2D eigenvalue weighted by Gasteiger charge is -2.47. The van der Waals surface area contributed by atoms with E-state index in [0.717, 1.165) is 32.4 Å². The van der Waals surface area contributed by atoms with Crippen LogP contribution in [0.25, 0.3) is 0 Å². The lowest BCUT2D eigenvalue weighted by Crippen LogP contribution is -2.45. The molecule has 1 rings (SSSR count). The van der Waals surface area contributed by atoms with Gasteiger partial charge in [0.25, 0.3) is 0 Å². The Morgan fingerprint density at radius 3 is 2.16 bits per heavy atom.